The smallest absolute Gasteiger partial charge is 0.387 e. The number of thioether (sulfide) groups is 1. The molecule has 0 saturated heterocycles. The molecule has 11 heteroatoms. The summed E-state index contributed by atoms with van der Waals surface area (Å²) >= 11 is 1.09. The molecule has 1 heterocycles. The van der Waals surface area contributed by atoms with Crippen molar-refractivity contribution in [3.8, 4) is 11.5 Å². The molecule has 0 atom stereocenters. The Kier molecular flexibility index (Phi) is 8.14. The molecule has 0 aliphatic heterocycles. The number of alkyl halides is 2. The van der Waals surface area contributed by atoms with Gasteiger partial charge in [-0.2, -0.15) is 8.78 Å². The van der Waals surface area contributed by atoms with Crippen LogP contribution in [0.2, 0.25) is 0 Å². The van der Waals surface area contributed by atoms with Crippen molar-refractivity contribution in [1.82, 2.24) is 14.8 Å². The van der Waals surface area contributed by atoms with Gasteiger partial charge >= 0.3 is 6.61 Å². The van der Waals surface area contributed by atoms with Crippen LogP contribution in [0.25, 0.3) is 0 Å². The van der Waals surface area contributed by atoms with Gasteiger partial charge in [0.25, 0.3) is 0 Å². The third-order valence-corrected chi connectivity index (χ3v) is 4.97. The van der Waals surface area contributed by atoms with E-state index in [1.54, 1.807) is 28.8 Å². The minimum Gasteiger partial charge on any atom is -0.483 e. The van der Waals surface area contributed by atoms with Crippen molar-refractivity contribution >= 4 is 23.4 Å². The minimum atomic E-state index is -3.01. The Morgan fingerprint density at radius 1 is 1.16 bits per heavy atom. The van der Waals surface area contributed by atoms with Crippen LogP contribution < -0.4 is 14.8 Å². The number of rotatable bonds is 11. The summed E-state index contributed by atoms with van der Waals surface area (Å²) in [6.07, 6.45) is 1.62. The van der Waals surface area contributed by atoms with Crippen LogP contribution in [-0.4, -0.2) is 33.0 Å². The van der Waals surface area contributed by atoms with Gasteiger partial charge in [-0.15, -0.1) is 16.8 Å². The molecule has 1 amide bonds. The van der Waals surface area contributed by atoms with Crippen LogP contribution in [0.4, 0.5) is 18.9 Å². The molecule has 0 spiro atoms. The zero-order chi connectivity index (χ0) is 22.9. The van der Waals surface area contributed by atoms with Crippen molar-refractivity contribution in [3.63, 3.8) is 0 Å². The predicted molar refractivity (Wildman–Crippen MR) is 113 cm³/mol. The zero-order valence-corrected chi connectivity index (χ0v) is 17.5. The Bertz CT molecular complexity index is 1080. The molecular weight excluding hydrogens is 445 g/mol. The maximum atomic E-state index is 13.7. The molecule has 32 heavy (non-hydrogen) atoms. The summed E-state index contributed by atoms with van der Waals surface area (Å²) in [6.45, 7) is 0.995. The number of hydrogen-bond donors (Lipinski definition) is 1. The van der Waals surface area contributed by atoms with E-state index in [2.05, 4.69) is 26.8 Å². The summed E-state index contributed by atoms with van der Waals surface area (Å²) in [6, 6.07) is 11.9. The first kappa shape index (κ1) is 23.2. The summed E-state index contributed by atoms with van der Waals surface area (Å²) in [5, 5.41) is 11.1. The molecule has 0 fully saturated rings. The van der Waals surface area contributed by atoms with E-state index in [-0.39, 0.29) is 29.5 Å². The van der Waals surface area contributed by atoms with Crippen LogP contribution in [0, 0.1) is 5.82 Å². The number of aromatic nitrogens is 3. The number of anilines is 1. The lowest BCUT2D eigenvalue weighted by molar-refractivity contribution is -0.113. The van der Waals surface area contributed by atoms with E-state index in [1.807, 2.05) is 0 Å². The van der Waals surface area contributed by atoms with Crippen molar-refractivity contribution < 1.29 is 27.4 Å². The Morgan fingerprint density at radius 2 is 1.88 bits per heavy atom. The van der Waals surface area contributed by atoms with Gasteiger partial charge in [0.2, 0.25) is 5.91 Å². The standard InChI is InChI=1S/C21H19F3N4O3S/c1-2-11-28-18(12-30-16-9-5-3-7-14(16)22)26-27-21(28)32-13-19(29)25-15-8-4-6-10-17(15)31-20(23)24/h2-10,20H,1,11-13H2,(H,25,29). The van der Waals surface area contributed by atoms with E-state index in [0.29, 0.717) is 17.5 Å². The number of carbonyl (C=O) groups is 1. The number of amides is 1. The number of hydrogen-bond acceptors (Lipinski definition) is 6. The molecule has 1 N–H and O–H groups in total. The molecule has 3 aromatic rings. The van der Waals surface area contributed by atoms with Gasteiger partial charge in [-0.05, 0) is 24.3 Å². The van der Waals surface area contributed by atoms with Crippen LogP contribution in [0.5, 0.6) is 11.5 Å². The average molecular weight is 464 g/mol. The lowest BCUT2D eigenvalue weighted by Gasteiger charge is -2.12. The highest BCUT2D eigenvalue weighted by Gasteiger charge is 2.16. The summed E-state index contributed by atoms with van der Waals surface area (Å²) in [5.74, 6) is -0.636. The van der Waals surface area contributed by atoms with Crippen LogP contribution in [0.1, 0.15) is 5.82 Å². The van der Waals surface area contributed by atoms with E-state index in [4.69, 9.17) is 4.74 Å². The minimum absolute atomic E-state index is 0.0348. The fourth-order valence-electron chi connectivity index (χ4n) is 2.63. The molecule has 0 bridgehead atoms. The number of nitrogens with one attached hydrogen (secondary N) is 1. The highest BCUT2D eigenvalue weighted by molar-refractivity contribution is 7.99. The molecule has 0 radical (unpaired) electrons. The van der Waals surface area contributed by atoms with Crippen LogP contribution in [-0.2, 0) is 17.9 Å². The molecule has 7 nitrogen and oxygen atoms in total. The number of benzene rings is 2. The SMILES string of the molecule is C=CCn1c(COc2ccccc2F)nnc1SCC(=O)Nc1ccccc1OC(F)F. The van der Waals surface area contributed by atoms with E-state index in [1.165, 1.54) is 30.3 Å². The highest BCUT2D eigenvalue weighted by atomic mass is 32.2. The summed E-state index contributed by atoms with van der Waals surface area (Å²) in [5.41, 5.74) is 0.130. The van der Waals surface area contributed by atoms with Crippen LogP contribution in [0.15, 0.2) is 66.3 Å². The van der Waals surface area contributed by atoms with Gasteiger partial charge in [-0.25, -0.2) is 4.39 Å². The largest absolute Gasteiger partial charge is 0.483 e. The molecule has 2 aromatic carbocycles. The fourth-order valence-corrected chi connectivity index (χ4v) is 3.40. The first-order valence-electron chi connectivity index (χ1n) is 9.34. The van der Waals surface area contributed by atoms with Crippen LogP contribution >= 0.6 is 11.8 Å². The van der Waals surface area contributed by atoms with Gasteiger partial charge in [0.15, 0.2) is 22.5 Å². The summed E-state index contributed by atoms with van der Waals surface area (Å²) < 4.78 is 50.4. The quantitative estimate of drug-likeness (QED) is 0.332. The number of para-hydroxylation sites is 3. The Hall–Kier alpha value is -3.47. The second-order valence-corrected chi connectivity index (χ2v) is 7.17. The molecule has 0 aliphatic carbocycles. The third kappa shape index (κ3) is 6.27. The molecule has 1 aromatic heterocycles. The summed E-state index contributed by atoms with van der Waals surface area (Å²) in [7, 11) is 0. The third-order valence-electron chi connectivity index (χ3n) is 4.01. The molecule has 0 unspecified atom stereocenters. The molecule has 168 valence electrons. The van der Waals surface area contributed by atoms with Crippen molar-refractivity contribution in [2.45, 2.75) is 24.9 Å². The molecule has 3 rings (SSSR count). The molecule has 0 aliphatic rings. The predicted octanol–water partition coefficient (Wildman–Crippen LogP) is 4.51. The van der Waals surface area contributed by atoms with Gasteiger partial charge in [0, 0.05) is 6.54 Å². The lowest BCUT2D eigenvalue weighted by Crippen LogP contribution is -2.16. The zero-order valence-electron chi connectivity index (χ0n) is 16.7. The maximum Gasteiger partial charge on any atom is 0.387 e. The Morgan fingerprint density at radius 3 is 2.59 bits per heavy atom. The number of allylic oxidation sites excluding steroid dienone is 1. The van der Waals surface area contributed by atoms with Crippen molar-refractivity contribution in [2.75, 3.05) is 11.1 Å². The molecular formula is C21H19F3N4O3S. The Labute approximate surface area is 186 Å². The number of halogens is 3. The van der Waals surface area contributed by atoms with Gasteiger partial charge in [-0.3, -0.25) is 9.36 Å². The van der Waals surface area contributed by atoms with Crippen molar-refractivity contribution in [1.29, 1.82) is 0 Å². The first-order valence-corrected chi connectivity index (χ1v) is 10.3. The monoisotopic (exact) mass is 464 g/mol. The van der Waals surface area contributed by atoms with E-state index >= 15 is 0 Å². The normalized spacial score (nSPS) is 10.8. The van der Waals surface area contributed by atoms with Gasteiger partial charge in [0.1, 0.15) is 12.4 Å². The van der Waals surface area contributed by atoms with Gasteiger partial charge < -0.3 is 14.8 Å². The number of nitrogens with zero attached hydrogens (tertiary/aromatic N) is 3. The second-order valence-electron chi connectivity index (χ2n) is 6.23. The average Bonchev–Trinajstić information content (AvgIpc) is 3.14. The van der Waals surface area contributed by atoms with Crippen molar-refractivity contribution in [3.05, 3.63) is 72.8 Å². The summed E-state index contributed by atoms with van der Waals surface area (Å²) in [4.78, 5) is 12.3. The number of ether oxygens (including phenoxy) is 2. The lowest BCUT2D eigenvalue weighted by atomic mass is 10.3. The topological polar surface area (TPSA) is 78.3 Å². The van der Waals surface area contributed by atoms with Crippen molar-refractivity contribution in [2.24, 2.45) is 0 Å². The number of carbonyl (C=O) groups excluding carboxylic acids is 1. The highest BCUT2D eigenvalue weighted by Crippen LogP contribution is 2.26. The van der Waals surface area contributed by atoms with E-state index < -0.39 is 18.3 Å². The maximum absolute atomic E-state index is 13.7. The van der Waals surface area contributed by atoms with Gasteiger partial charge in [-0.1, -0.05) is 42.1 Å². The first-order chi connectivity index (χ1) is 15.5. The van der Waals surface area contributed by atoms with Crippen LogP contribution in [0.3, 0.4) is 0 Å². The van der Waals surface area contributed by atoms with E-state index in [0.717, 1.165) is 11.8 Å². The van der Waals surface area contributed by atoms with Gasteiger partial charge in [0.05, 0.1) is 11.4 Å². The molecule has 0 saturated carbocycles. The second kappa shape index (κ2) is 11.2. The van der Waals surface area contributed by atoms with E-state index in [9.17, 15) is 18.0 Å². The fraction of sp³-hybridized carbons (Fsp3) is 0.190. The Balaban J connectivity index is 1.63.